The number of nitrogens with one attached hydrogen (secondary N) is 1. The van der Waals surface area contributed by atoms with Crippen molar-refractivity contribution in [2.45, 2.75) is 19.5 Å². The first-order valence-electron chi connectivity index (χ1n) is 10.8. The molecule has 35 heavy (non-hydrogen) atoms. The van der Waals surface area contributed by atoms with Crippen LogP contribution < -0.4 is 20.7 Å². The number of aliphatic hydroxyl groups excluding tert-OH is 1. The van der Waals surface area contributed by atoms with Gasteiger partial charge in [0.1, 0.15) is 22.7 Å². The number of ketones is 1. The molecule has 1 aromatic heterocycles. The number of anilines is 4. The van der Waals surface area contributed by atoms with Crippen LogP contribution in [0.1, 0.15) is 22.2 Å². The van der Waals surface area contributed by atoms with E-state index in [2.05, 4.69) is 19.9 Å². The van der Waals surface area contributed by atoms with Crippen LogP contribution in [0.25, 0.3) is 0 Å². The number of aliphatic hydroxyl groups is 1. The van der Waals surface area contributed by atoms with E-state index < -0.39 is 24.1 Å². The second kappa shape index (κ2) is 10.1. The van der Waals surface area contributed by atoms with Crippen LogP contribution in [-0.4, -0.2) is 59.5 Å². The Balaban J connectivity index is 1.42. The monoisotopic (exact) mass is 507 g/mol. The molecule has 3 aromatic rings. The number of aromatic nitrogens is 1. The van der Waals surface area contributed by atoms with Gasteiger partial charge in [-0.25, -0.2) is 4.98 Å². The first kappa shape index (κ1) is 24.8. The minimum Gasteiger partial charge on any atom is -0.406 e. The van der Waals surface area contributed by atoms with Crippen molar-refractivity contribution < 1.29 is 27.8 Å². The molecule has 0 amide bonds. The van der Waals surface area contributed by atoms with E-state index in [1.54, 1.807) is 6.92 Å². The SMILES string of the molecule is CC(O)N1CCN(c2ccc(Nc3nc(N)c(C(=O)c4cccc(OC(F)(F)F)c4)s3)cc2)CC1. The number of hydrogen-bond acceptors (Lipinski definition) is 9. The summed E-state index contributed by atoms with van der Waals surface area (Å²) in [5, 5.41) is 13.2. The van der Waals surface area contributed by atoms with E-state index in [0.29, 0.717) is 5.13 Å². The number of nitrogens with two attached hydrogens (primary N) is 1. The molecule has 0 aliphatic carbocycles. The fraction of sp³-hybridized carbons (Fsp3) is 0.304. The number of piperazine rings is 1. The van der Waals surface area contributed by atoms with Gasteiger partial charge in [-0.3, -0.25) is 9.69 Å². The highest BCUT2D eigenvalue weighted by atomic mass is 32.1. The van der Waals surface area contributed by atoms with Gasteiger partial charge in [0.15, 0.2) is 5.13 Å². The summed E-state index contributed by atoms with van der Waals surface area (Å²) in [6.07, 6.45) is -5.31. The van der Waals surface area contributed by atoms with Crippen LogP contribution in [0, 0.1) is 0 Å². The number of nitrogen functional groups attached to an aromatic ring is 1. The molecule has 8 nitrogen and oxygen atoms in total. The van der Waals surface area contributed by atoms with Crippen LogP contribution in [0.15, 0.2) is 48.5 Å². The van der Waals surface area contributed by atoms with Gasteiger partial charge < -0.3 is 25.8 Å². The number of benzene rings is 2. The van der Waals surface area contributed by atoms with Gasteiger partial charge in [-0.05, 0) is 43.3 Å². The van der Waals surface area contributed by atoms with Crippen LogP contribution in [0.5, 0.6) is 5.75 Å². The Kier molecular flexibility index (Phi) is 7.15. The molecule has 12 heteroatoms. The highest BCUT2D eigenvalue weighted by Crippen LogP contribution is 2.32. The molecular weight excluding hydrogens is 483 g/mol. The van der Waals surface area contributed by atoms with Crippen LogP contribution in [0.3, 0.4) is 0 Å². The van der Waals surface area contributed by atoms with Crippen molar-refractivity contribution in [3.63, 3.8) is 0 Å². The first-order valence-corrected chi connectivity index (χ1v) is 11.6. The summed E-state index contributed by atoms with van der Waals surface area (Å²) in [6, 6.07) is 12.5. The number of halogens is 3. The summed E-state index contributed by atoms with van der Waals surface area (Å²) >= 11 is 1.01. The van der Waals surface area contributed by atoms with E-state index >= 15 is 0 Å². The normalized spacial score (nSPS) is 15.6. The van der Waals surface area contributed by atoms with Crippen molar-refractivity contribution in [1.82, 2.24) is 9.88 Å². The van der Waals surface area contributed by atoms with Crippen molar-refractivity contribution >= 4 is 39.4 Å². The zero-order valence-electron chi connectivity index (χ0n) is 18.7. The number of carbonyl (C=O) groups is 1. The zero-order valence-corrected chi connectivity index (χ0v) is 19.6. The van der Waals surface area contributed by atoms with Crippen LogP contribution >= 0.6 is 11.3 Å². The maximum Gasteiger partial charge on any atom is 0.573 e. The molecule has 2 heterocycles. The van der Waals surface area contributed by atoms with Gasteiger partial charge in [-0.2, -0.15) is 0 Å². The van der Waals surface area contributed by atoms with E-state index in [0.717, 1.165) is 61.0 Å². The number of nitrogens with zero attached hydrogens (tertiary/aromatic N) is 3. The Morgan fingerprint density at radius 1 is 1.17 bits per heavy atom. The summed E-state index contributed by atoms with van der Waals surface area (Å²) in [7, 11) is 0. The summed E-state index contributed by atoms with van der Waals surface area (Å²) in [6.45, 7) is 4.93. The molecular formula is C23H24F3N5O3S. The number of thiazole rings is 1. The lowest BCUT2D eigenvalue weighted by atomic mass is 10.1. The van der Waals surface area contributed by atoms with E-state index in [4.69, 9.17) is 5.73 Å². The van der Waals surface area contributed by atoms with Gasteiger partial charge in [0, 0.05) is 43.1 Å². The summed E-state index contributed by atoms with van der Waals surface area (Å²) in [5.41, 5.74) is 7.73. The third-order valence-electron chi connectivity index (χ3n) is 5.52. The Morgan fingerprint density at radius 2 is 1.86 bits per heavy atom. The molecule has 1 fully saturated rings. The molecule has 0 radical (unpaired) electrons. The quantitative estimate of drug-likeness (QED) is 0.412. The fourth-order valence-corrected chi connectivity index (χ4v) is 4.61. The van der Waals surface area contributed by atoms with Gasteiger partial charge in [0.2, 0.25) is 5.78 Å². The van der Waals surface area contributed by atoms with E-state index in [-0.39, 0.29) is 16.3 Å². The molecule has 0 bridgehead atoms. The molecule has 2 aromatic carbocycles. The van der Waals surface area contributed by atoms with Crippen molar-refractivity contribution in [3.05, 3.63) is 59.0 Å². The summed E-state index contributed by atoms with van der Waals surface area (Å²) in [5.74, 6) is -1.05. The topological polar surface area (TPSA) is 104 Å². The summed E-state index contributed by atoms with van der Waals surface area (Å²) in [4.78, 5) is 21.4. The van der Waals surface area contributed by atoms with Gasteiger partial charge in [0.05, 0.1) is 0 Å². The van der Waals surface area contributed by atoms with E-state index in [1.807, 2.05) is 29.2 Å². The average molecular weight is 508 g/mol. The lowest BCUT2D eigenvalue weighted by Gasteiger charge is -2.37. The maximum absolute atomic E-state index is 12.8. The standard InChI is InChI=1S/C23H24F3N5O3S/c1-14(32)30-9-11-31(12-10-30)17-7-5-16(6-8-17)28-22-29-21(27)20(35-22)19(33)15-3-2-4-18(13-15)34-23(24,25)26/h2-8,13-14,32H,9-12,27H2,1H3,(H,28,29). The lowest BCUT2D eigenvalue weighted by Crippen LogP contribution is -2.49. The maximum atomic E-state index is 12.8. The number of rotatable bonds is 7. The number of hydrogen-bond donors (Lipinski definition) is 3. The second-order valence-corrected chi connectivity index (χ2v) is 8.96. The van der Waals surface area contributed by atoms with E-state index in [9.17, 15) is 23.1 Å². The molecule has 0 saturated carbocycles. The van der Waals surface area contributed by atoms with Gasteiger partial charge in [0.25, 0.3) is 0 Å². The zero-order chi connectivity index (χ0) is 25.2. The third kappa shape index (κ3) is 6.21. The van der Waals surface area contributed by atoms with Gasteiger partial charge in [-0.1, -0.05) is 23.5 Å². The van der Waals surface area contributed by atoms with Crippen LogP contribution in [0.4, 0.5) is 35.5 Å². The Bertz CT molecular complexity index is 1180. The summed E-state index contributed by atoms with van der Waals surface area (Å²) < 4.78 is 41.4. The van der Waals surface area contributed by atoms with Crippen molar-refractivity contribution in [3.8, 4) is 5.75 Å². The Labute approximate surface area is 203 Å². The van der Waals surface area contributed by atoms with E-state index in [1.165, 1.54) is 12.1 Å². The van der Waals surface area contributed by atoms with Crippen molar-refractivity contribution in [1.29, 1.82) is 0 Å². The highest BCUT2D eigenvalue weighted by molar-refractivity contribution is 7.18. The van der Waals surface area contributed by atoms with Gasteiger partial charge >= 0.3 is 6.36 Å². The fourth-order valence-electron chi connectivity index (χ4n) is 3.75. The second-order valence-electron chi connectivity index (χ2n) is 7.96. The molecule has 4 N–H and O–H groups in total. The predicted molar refractivity (Wildman–Crippen MR) is 128 cm³/mol. The van der Waals surface area contributed by atoms with Crippen LogP contribution in [-0.2, 0) is 0 Å². The molecule has 186 valence electrons. The molecule has 1 aliphatic rings. The average Bonchev–Trinajstić information content (AvgIpc) is 3.18. The predicted octanol–water partition coefficient (Wildman–Crippen LogP) is 4.06. The molecule has 1 unspecified atom stereocenters. The third-order valence-corrected chi connectivity index (χ3v) is 6.50. The van der Waals surface area contributed by atoms with Crippen LogP contribution in [0.2, 0.25) is 0 Å². The number of carbonyl (C=O) groups excluding carboxylic acids is 1. The van der Waals surface area contributed by atoms with Crippen molar-refractivity contribution in [2.24, 2.45) is 0 Å². The minimum atomic E-state index is -4.86. The van der Waals surface area contributed by atoms with Crippen molar-refractivity contribution in [2.75, 3.05) is 42.1 Å². The van der Waals surface area contributed by atoms with Gasteiger partial charge in [-0.15, -0.1) is 13.2 Å². The molecule has 1 atom stereocenters. The largest absolute Gasteiger partial charge is 0.573 e. The first-order chi connectivity index (χ1) is 16.6. The molecule has 1 saturated heterocycles. The number of alkyl halides is 3. The molecule has 1 aliphatic heterocycles. The number of ether oxygens (including phenoxy) is 1. The molecule has 4 rings (SSSR count). The lowest BCUT2D eigenvalue weighted by molar-refractivity contribution is -0.274. The minimum absolute atomic E-state index is 0.00805. The highest BCUT2D eigenvalue weighted by Gasteiger charge is 2.31. The smallest absolute Gasteiger partial charge is 0.406 e. The Hall–Kier alpha value is -3.35. The molecule has 0 spiro atoms. The Morgan fingerprint density at radius 3 is 2.49 bits per heavy atom.